The molecular weight excluding hydrogens is 204 g/mol. The molecule has 4 heteroatoms. The molecule has 0 bridgehead atoms. The Labute approximate surface area is 97.8 Å². The zero-order chi connectivity index (χ0) is 12.6. The fourth-order valence-corrected chi connectivity index (χ4v) is 1.07. The molecule has 1 N–H and O–H groups in total. The molecule has 0 atom stereocenters. The van der Waals surface area contributed by atoms with Gasteiger partial charge in [-0.2, -0.15) is 0 Å². The highest BCUT2D eigenvalue weighted by atomic mass is 16.6. The lowest BCUT2D eigenvalue weighted by Crippen LogP contribution is -2.33. The molecule has 0 spiro atoms. The van der Waals surface area contributed by atoms with E-state index in [1.807, 2.05) is 20.8 Å². The minimum Gasteiger partial charge on any atom is -0.444 e. The summed E-state index contributed by atoms with van der Waals surface area (Å²) in [6, 6.07) is 0. The number of amides is 1. The molecule has 0 rings (SSSR count). The van der Waals surface area contributed by atoms with Gasteiger partial charge < -0.3 is 10.1 Å². The third-order valence-electron chi connectivity index (χ3n) is 1.65. The van der Waals surface area contributed by atoms with Crippen molar-refractivity contribution < 1.29 is 9.53 Å². The van der Waals surface area contributed by atoms with Crippen molar-refractivity contribution in [3.63, 3.8) is 0 Å². The molecule has 1 amide bonds. The minimum atomic E-state index is -0.442. The summed E-state index contributed by atoms with van der Waals surface area (Å²) in [5.41, 5.74) is 0.524. The fraction of sp³-hybridized carbons (Fsp3) is 0.667. The molecular formula is C12H22N2O2. The number of carbonyl (C=O) groups is 1. The Morgan fingerprint density at radius 1 is 1.50 bits per heavy atom. The van der Waals surface area contributed by atoms with Gasteiger partial charge in [0.1, 0.15) is 5.60 Å². The van der Waals surface area contributed by atoms with E-state index in [1.165, 1.54) is 0 Å². The van der Waals surface area contributed by atoms with Crippen LogP contribution in [0.25, 0.3) is 0 Å². The third-order valence-corrected chi connectivity index (χ3v) is 1.65. The quantitative estimate of drug-likeness (QED) is 0.578. The van der Waals surface area contributed by atoms with E-state index in [4.69, 9.17) is 4.74 Å². The number of nitrogens with zero attached hydrogens (tertiary/aromatic N) is 1. The predicted octanol–water partition coefficient (Wildman–Crippen LogP) is 2.55. The second-order valence-corrected chi connectivity index (χ2v) is 4.58. The van der Waals surface area contributed by atoms with Crippen molar-refractivity contribution in [1.29, 1.82) is 0 Å². The van der Waals surface area contributed by atoms with Gasteiger partial charge in [-0.25, -0.2) is 4.79 Å². The van der Waals surface area contributed by atoms with Gasteiger partial charge in [-0.15, -0.1) is 0 Å². The lowest BCUT2D eigenvalue weighted by atomic mass is 10.2. The van der Waals surface area contributed by atoms with Crippen molar-refractivity contribution >= 4 is 12.3 Å². The molecule has 0 aromatic heterocycles. The van der Waals surface area contributed by atoms with E-state index in [0.29, 0.717) is 6.54 Å². The summed E-state index contributed by atoms with van der Waals surface area (Å²) in [7, 11) is 1.71. The van der Waals surface area contributed by atoms with Crippen LogP contribution < -0.4 is 5.32 Å². The number of hydrogen-bond acceptors (Lipinski definition) is 3. The molecule has 92 valence electrons. The van der Waals surface area contributed by atoms with E-state index in [1.54, 1.807) is 13.3 Å². The van der Waals surface area contributed by atoms with Crippen molar-refractivity contribution in [3.8, 4) is 0 Å². The van der Waals surface area contributed by atoms with Crippen LogP contribution in [0, 0.1) is 0 Å². The second kappa shape index (κ2) is 7.04. The molecule has 0 aromatic rings. The number of allylic oxidation sites excluding steroid dienone is 1. The number of nitrogens with one attached hydrogen (secondary N) is 1. The average Bonchev–Trinajstić information content (AvgIpc) is 2.10. The number of alkyl carbamates (subject to hydrolysis) is 1. The van der Waals surface area contributed by atoms with Crippen molar-refractivity contribution in [3.05, 3.63) is 12.2 Å². The zero-order valence-corrected chi connectivity index (χ0v) is 10.7. The van der Waals surface area contributed by atoms with Gasteiger partial charge in [0, 0.05) is 19.8 Å². The summed E-state index contributed by atoms with van der Waals surface area (Å²) in [5, 5.41) is 2.69. The van der Waals surface area contributed by atoms with E-state index < -0.39 is 5.60 Å². The van der Waals surface area contributed by atoms with Gasteiger partial charge in [0.15, 0.2) is 0 Å². The lowest BCUT2D eigenvalue weighted by molar-refractivity contribution is 0.0527. The lowest BCUT2D eigenvalue weighted by Gasteiger charge is -2.19. The number of rotatable bonds is 5. The molecule has 0 aliphatic heterocycles. The maximum absolute atomic E-state index is 11.2. The number of aliphatic imine (C=N–C) groups is 1. The largest absolute Gasteiger partial charge is 0.444 e. The van der Waals surface area contributed by atoms with Crippen LogP contribution in [0.5, 0.6) is 0 Å². The smallest absolute Gasteiger partial charge is 0.407 e. The second-order valence-electron chi connectivity index (χ2n) is 4.58. The Balaban J connectivity index is 3.60. The maximum Gasteiger partial charge on any atom is 0.407 e. The van der Waals surface area contributed by atoms with Crippen molar-refractivity contribution in [2.24, 2.45) is 4.99 Å². The normalized spacial score (nSPS) is 11.5. The number of carbonyl (C=O) groups excluding carboxylic acids is 1. The fourth-order valence-electron chi connectivity index (χ4n) is 1.07. The Kier molecular flexibility index (Phi) is 6.46. The van der Waals surface area contributed by atoms with Crippen LogP contribution in [0.1, 0.15) is 33.6 Å². The van der Waals surface area contributed by atoms with Crippen LogP contribution in [0.2, 0.25) is 0 Å². The Morgan fingerprint density at radius 3 is 2.62 bits per heavy atom. The SMILES string of the molecule is C=C(C=NC)CCCNC(=O)OC(C)(C)C. The highest BCUT2D eigenvalue weighted by molar-refractivity contribution is 5.77. The Bertz CT molecular complexity index is 265. The maximum atomic E-state index is 11.2. The van der Waals surface area contributed by atoms with Gasteiger partial charge in [0.25, 0.3) is 0 Å². The Hall–Kier alpha value is -1.32. The van der Waals surface area contributed by atoms with Gasteiger partial charge in [-0.3, -0.25) is 4.99 Å². The van der Waals surface area contributed by atoms with Gasteiger partial charge in [0.2, 0.25) is 0 Å². The van der Waals surface area contributed by atoms with Crippen LogP contribution >= 0.6 is 0 Å². The summed E-state index contributed by atoms with van der Waals surface area (Å²) in [4.78, 5) is 15.1. The molecule has 4 nitrogen and oxygen atoms in total. The first-order chi connectivity index (χ1) is 7.35. The van der Waals surface area contributed by atoms with Gasteiger partial charge in [-0.05, 0) is 39.2 Å². The summed E-state index contributed by atoms with van der Waals surface area (Å²) in [6.07, 6.45) is 3.02. The van der Waals surface area contributed by atoms with Crippen LogP contribution in [-0.4, -0.2) is 31.5 Å². The minimum absolute atomic E-state index is 0.373. The summed E-state index contributed by atoms with van der Waals surface area (Å²) in [6.45, 7) is 9.93. The van der Waals surface area contributed by atoms with Crippen molar-refractivity contribution in [1.82, 2.24) is 5.32 Å². The molecule has 16 heavy (non-hydrogen) atoms. The topological polar surface area (TPSA) is 50.7 Å². The van der Waals surface area contributed by atoms with Crippen molar-refractivity contribution in [2.75, 3.05) is 13.6 Å². The molecule has 0 aliphatic carbocycles. The first-order valence-electron chi connectivity index (χ1n) is 5.42. The standard InChI is InChI=1S/C12H22N2O2/c1-10(9-13-5)7-6-8-14-11(15)16-12(2,3)4/h9H,1,6-8H2,2-5H3,(H,14,15). The van der Waals surface area contributed by atoms with Crippen LogP contribution in [0.3, 0.4) is 0 Å². The Morgan fingerprint density at radius 2 is 2.12 bits per heavy atom. The van der Waals surface area contributed by atoms with E-state index in [0.717, 1.165) is 18.4 Å². The summed E-state index contributed by atoms with van der Waals surface area (Å²) >= 11 is 0. The highest BCUT2D eigenvalue weighted by Gasteiger charge is 2.15. The van der Waals surface area contributed by atoms with E-state index in [-0.39, 0.29) is 6.09 Å². The monoisotopic (exact) mass is 226 g/mol. The van der Waals surface area contributed by atoms with Gasteiger partial charge >= 0.3 is 6.09 Å². The zero-order valence-electron chi connectivity index (χ0n) is 10.7. The highest BCUT2D eigenvalue weighted by Crippen LogP contribution is 2.06. The first-order valence-corrected chi connectivity index (χ1v) is 5.42. The number of ether oxygens (including phenoxy) is 1. The molecule has 0 heterocycles. The molecule has 0 fully saturated rings. The molecule has 0 radical (unpaired) electrons. The first kappa shape index (κ1) is 14.7. The molecule has 0 aliphatic rings. The molecule has 0 saturated heterocycles. The van der Waals surface area contributed by atoms with E-state index in [2.05, 4.69) is 16.9 Å². The third kappa shape index (κ3) is 9.24. The van der Waals surface area contributed by atoms with Gasteiger partial charge in [0.05, 0.1) is 0 Å². The van der Waals surface area contributed by atoms with E-state index >= 15 is 0 Å². The summed E-state index contributed by atoms with van der Waals surface area (Å²) in [5.74, 6) is 0. The number of hydrogen-bond donors (Lipinski definition) is 1. The molecule has 0 aromatic carbocycles. The van der Waals surface area contributed by atoms with Crippen LogP contribution in [0.15, 0.2) is 17.1 Å². The van der Waals surface area contributed by atoms with E-state index in [9.17, 15) is 4.79 Å². The average molecular weight is 226 g/mol. The van der Waals surface area contributed by atoms with Gasteiger partial charge in [-0.1, -0.05) is 6.58 Å². The molecule has 0 saturated carbocycles. The summed E-state index contributed by atoms with van der Waals surface area (Å²) < 4.78 is 5.09. The van der Waals surface area contributed by atoms with Crippen LogP contribution in [0.4, 0.5) is 4.79 Å². The molecule has 0 unspecified atom stereocenters. The predicted molar refractivity (Wildman–Crippen MR) is 67.0 cm³/mol. The van der Waals surface area contributed by atoms with Crippen molar-refractivity contribution in [2.45, 2.75) is 39.2 Å². The van der Waals surface area contributed by atoms with Crippen LogP contribution in [-0.2, 0) is 4.74 Å².